The van der Waals surface area contributed by atoms with Gasteiger partial charge < -0.3 is 5.73 Å². The van der Waals surface area contributed by atoms with E-state index >= 15 is 0 Å². The molecule has 0 unspecified atom stereocenters. The van der Waals surface area contributed by atoms with E-state index in [4.69, 9.17) is 5.73 Å². The van der Waals surface area contributed by atoms with Gasteiger partial charge in [0.15, 0.2) is 0 Å². The van der Waals surface area contributed by atoms with Gasteiger partial charge in [0, 0.05) is 12.0 Å². The van der Waals surface area contributed by atoms with Gasteiger partial charge in [-0.3, -0.25) is 0 Å². The second kappa shape index (κ2) is 2.82. The third kappa shape index (κ3) is 1.39. The first-order valence-electron chi connectivity index (χ1n) is 3.89. The van der Waals surface area contributed by atoms with Crippen molar-refractivity contribution in [3.05, 3.63) is 34.1 Å². The van der Waals surface area contributed by atoms with Gasteiger partial charge in [0.25, 0.3) is 0 Å². The Kier molecular flexibility index (Phi) is 1.93. The molecule has 0 radical (unpaired) electrons. The Bertz CT molecular complexity index is 313. The zero-order valence-corrected chi connectivity index (χ0v) is 8.01. The van der Waals surface area contributed by atoms with Crippen molar-refractivity contribution in [1.82, 2.24) is 0 Å². The third-order valence-electron chi connectivity index (χ3n) is 2.21. The fraction of sp³-hybridized carbons (Fsp3) is 0.333. The highest BCUT2D eigenvalue weighted by Gasteiger charge is 2.34. The van der Waals surface area contributed by atoms with E-state index in [2.05, 4.69) is 15.9 Å². The molecule has 0 heterocycles. The first-order chi connectivity index (χ1) is 5.68. The molecule has 0 bridgehead atoms. The summed E-state index contributed by atoms with van der Waals surface area (Å²) < 4.78 is 13.3. The standard InChI is InChI=1S/C9H9BrFN/c10-7-3-5(1-2-8(7)11)6-4-9(6)12/h1-3,6,9H,4,12H2/t6-,9+/m0/s1. The molecule has 2 atom stereocenters. The summed E-state index contributed by atoms with van der Waals surface area (Å²) in [5.41, 5.74) is 6.81. The van der Waals surface area contributed by atoms with Crippen LogP contribution in [0.25, 0.3) is 0 Å². The molecule has 2 rings (SSSR count). The summed E-state index contributed by atoms with van der Waals surface area (Å²) in [4.78, 5) is 0. The zero-order chi connectivity index (χ0) is 8.72. The van der Waals surface area contributed by atoms with Gasteiger partial charge in [0.2, 0.25) is 0 Å². The van der Waals surface area contributed by atoms with Crippen molar-refractivity contribution < 1.29 is 4.39 Å². The summed E-state index contributed by atoms with van der Waals surface area (Å²) in [5.74, 6) is 0.231. The molecule has 1 aliphatic carbocycles. The van der Waals surface area contributed by atoms with Crippen molar-refractivity contribution in [2.75, 3.05) is 0 Å². The van der Waals surface area contributed by atoms with E-state index in [1.165, 1.54) is 6.07 Å². The summed E-state index contributed by atoms with van der Waals surface area (Å²) in [5, 5.41) is 0. The number of hydrogen-bond donors (Lipinski definition) is 1. The van der Waals surface area contributed by atoms with Crippen molar-refractivity contribution in [2.45, 2.75) is 18.4 Å². The van der Waals surface area contributed by atoms with Crippen LogP contribution in [0.15, 0.2) is 22.7 Å². The minimum atomic E-state index is -0.215. The van der Waals surface area contributed by atoms with Crippen LogP contribution in [0.1, 0.15) is 17.9 Å². The lowest BCUT2D eigenvalue weighted by molar-refractivity contribution is 0.620. The first-order valence-corrected chi connectivity index (χ1v) is 4.68. The highest BCUT2D eigenvalue weighted by molar-refractivity contribution is 9.10. The molecule has 1 aliphatic rings. The molecule has 1 aromatic carbocycles. The second-order valence-corrected chi connectivity index (χ2v) is 4.03. The number of benzene rings is 1. The largest absolute Gasteiger partial charge is 0.327 e. The molecule has 0 spiro atoms. The topological polar surface area (TPSA) is 26.0 Å². The summed E-state index contributed by atoms with van der Waals surface area (Å²) in [6, 6.07) is 5.37. The Morgan fingerprint density at radius 2 is 2.17 bits per heavy atom. The van der Waals surface area contributed by atoms with E-state index in [0.29, 0.717) is 10.4 Å². The summed E-state index contributed by atoms with van der Waals surface area (Å²) in [6.07, 6.45) is 1.03. The van der Waals surface area contributed by atoms with Crippen molar-refractivity contribution >= 4 is 15.9 Å². The fourth-order valence-corrected chi connectivity index (χ4v) is 1.74. The SMILES string of the molecule is N[C@@H]1C[C@H]1c1ccc(F)c(Br)c1. The summed E-state index contributed by atoms with van der Waals surface area (Å²) in [7, 11) is 0. The molecular weight excluding hydrogens is 221 g/mol. The zero-order valence-electron chi connectivity index (χ0n) is 6.43. The number of halogens is 2. The average Bonchev–Trinajstić information content (AvgIpc) is 2.73. The Balaban J connectivity index is 2.29. The van der Waals surface area contributed by atoms with Crippen LogP contribution in [0.3, 0.4) is 0 Å². The smallest absolute Gasteiger partial charge is 0.137 e. The van der Waals surface area contributed by atoms with E-state index in [-0.39, 0.29) is 11.9 Å². The molecule has 1 fully saturated rings. The van der Waals surface area contributed by atoms with Crippen LogP contribution in [-0.4, -0.2) is 6.04 Å². The van der Waals surface area contributed by atoms with Gasteiger partial charge in [-0.05, 0) is 40.0 Å². The van der Waals surface area contributed by atoms with Crippen LogP contribution in [0, 0.1) is 5.82 Å². The van der Waals surface area contributed by atoms with Crippen molar-refractivity contribution in [2.24, 2.45) is 5.73 Å². The van der Waals surface area contributed by atoms with E-state index < -0.39 is 0 Å². The van der Waals surface area contributed by atoms with Crippen molar-refractivity contribution in [3.63, 3.8) is 0 Å². The molecule has 0 amide bonds. The summed E-state index contributed by atoms with van der Waals surface area (Å²) >= 11 is 3.15. The number of nitrogens with two attached hydrogens (primary N) is 1. The second-order valence-electron chi connectivity index (χ2n) is 3.18. The molecule has 1 saturated carbocycles. The molecule has 1 aromatic rings. The van der Waals surface area contributed by atoms with Gasteiger partial charge in [-0.2, -0.15) is 0 Å². The predicted molar refractivity (Wildman–Crippen MR) is 49.4 cm³/mol. The van der Waals surface area contributed by atoms with Crippen molar-refractivity contribution in [1.29, 1.82) is 0 Å². The van der Waals surface area contributed by atoms with Crippen LogP contribution in [0.5, 0.6) is 0 Å². The monoisotopic (exact) mass is 229 g/mol. The maximum Gasteiger partial charge on any atom is 0.137 e. The Morgan fingerprint density at radius 1 is 1.50 bits per heavy atom. The van der Waals surface area contributed by atoms with E-state index in [9.17, 15) is 4.39 Å². The van der Waals surface area contributed by atoms with Gasteiger partial charge in [-0.1, -0.05) is 6.07 Å². The molecule has 1 nitrogen and oxygen atoms in total. The highest BCUT2D eigenvalue weighted by Crippen LogP contribution is 2.39. The molecule has 0 aliphatic heterocycles. The Morgan fingerprint density at radius 3 is 2.67 bits per heavy atom. The molecule has 12 heavy (non-hydrogen) atoms. The molecule has 0 saturated heterocycles. The van der Waals surface area contributed by atoms with Crippen molar-refractivity contribution in [3.8, 4) is 0 Å². The first kappa shape index (κ1) is 8.20. The van der Waals surface area contributed by atoms with Crippen LogP contribution >= 0.6 is 15.9 Å². The van der Waals surface area contributed by atoms with Gasteiger partial charge in [0.05, 0.1) is 4.47 Å². The van der Waals surface area contributed by atoms with Crippen LogP contribution in [-0.2, 0) is 0 Å². The van der Waals surface area contributed by atoms with Crippen LogP contribution in [0.2, 0.25) is 0 Å². The predicted octanol–water partition coefficient (Wildman–Crippen LogP) is 2.40. The van der Waals surface area contributed by atoms with Gasteiger partial charge >= 0.3 is 0 Å². The quantitative estimate of drug-likeness (QED) is 0.787. The lowest BCUT2D eigenvalue weighted by Crippen LogP contribution is -2.00. The lowest BCUT2D eigenvalue weighted by Gasteiger charge is -1.99. The summed E-state index contributed by atoms with van der Waals surface area (Å²) in [6.45, 7) is 0. The third-order valence-corrected chi connectivity index (χ3v) is 2.82. The molecule has 2 N–H and O–H groups in total. The van der Waals surface area contributed by atoms with Gasteiger partial charge in [-0.25, -0.2) is 4.39 Å². The average molecular weight is 230 g/mol. The molecular formula is C9H9BrFN. The normalized spacial score (nSPS) is 27.2. The van der Waals surface area contributed by atoms with E-state index in [1.807, 2.05) is 6.07 Å². The fourth-order valence-electron chi connectivity index (χ4n) is 1.34. The highest BCUT2D eigenvalue weighted by atomic mass is 79.9. The van der Waals surface area contributed by atoms with Gasteiger partial charge in [0.1, 0.15) is 5.82 Å². The molecule has 64 valence electrons. The number of rotatable bonds is 1. The van der Waals surface area contributed by atoms with Crippen LogP contribution in [0.4, 0.5) is 4.39 Å². The Labute approximate surface area is 78.9 Å². The minimum Gasteiger partial charge on any atom is -0.327 e. The lowest BCUT2D eigenvalue weighted by atomic mass is 10.1. The van der Waals surface area contributed by atoms with E-state index in [1.54, 1.807) is 6.07 Å². The molecule has 3 heteroatoms. The Hall–Kier alpha value is -0.410. The molecule has 0 aromatic heterocycles. The minimum absolute atomic E-state index is 0.215. The maximum absolute atomic E-state index is 12.8. The maximum atomic E-state index is 12.8. The number of hydrogen-bond acceptors (Lipinski definition) is 1. The van der Waals surface area contributed by atoms with Crippen LogP contribution < -0.4 is 5.73 Å². The van der Waals surface area contributed by atoms with E-state index in [0.717, 1.165) is 12.0 Å². The van der Waals surface area contributed by atoms with Gasteiger partial charge in [-0.15, -0.1) is 0 Å².